The van der Waals surface area contributed by atoms with Gasteiger partial charge >= 0.3 is 5.97 Å². The summed E-state index contributed by atoms with van der Waals surface area (Å²) in [6.07, 6.45) is -1.14. The molecule has 6 rings (SSSR count). The number of esters is 1. The minimum atomic E-state index is -3.92. The number of aromatic nitrogens is 2. The molecule has 1 unspecified atom stereocenters. The van der Waals surface area contributed by atoms with Gasteiger partial charge in [0.25, 0.3) is 15.9 Å². The second-order valence-corrected chi connectivity index (χ2v) is 12.4. The zero-order valence-electron chi connectivity index (χ0n) is 22.9. The second-order valence-electron chi connectivity index (χ2n) is 9.69. The molecule has 1 atom stereocenters. The van der Waals surface area contributed by atoms with Crippen LogP contribution in [0, 0.1) is 6.92 Å². The van der Waals surface area contributed by atoms with E-state index in [0.29, 0.717) is 22.4 Å². The van der Waals surface area contributed by atoms with E-state index in [0.717, 1.165) is 26.2 Å². The van der Waals surface area contributed by atoms with Gasteiger partial charge in [0, 0.05) is 22.7 Å². The maximum atomic E-state index is 13.4. The van der Waals surface area contributed by atoms with Crippen molar-refractivity contribution in [2.24, 2.45) is 0 Å². The second kappa shape index (κ2) is 11.3. The van der Waals surface area contributed by atoms with Crippen molar-refractivity contribution >= 4 is 65.7 Å². The molecule has 2 heterocycles. The van der Waals surface area contributed by atoms with Crippen LogP contribution in [0.15, 0.2) is 100 Å². The number of amides is 1. The molecule has 0 saturated carbocycles. The number of ether oxygens (including phenoxy) is 1. The third-order valence-corrected chi connectivity index (χ3v) is 9.04. The Morgan fingerprint density at radius 3 is 2.42 bits per heavy atom. The molecule has 4 aromatic carbocycles. The summed E-state index contributed by atoms with van der Waals surface area (Å²) in [6.45, 7) is 3.11. The fourth-order valence-electron chi connectivity index (χ4n) is 4.53. The van der Waals surface area contributed by atoms with Crippen molar-refractivity contribution in [1.29, 1.82) is 0 Å². The largest absolute Gasteiger partial charge is 0.449 e. The van der Waals surface area contributed by atoms with E-state index in [1.165, 1.54) is 48.6 Å². The maximum Gasteiger partial charge on any atom is 0.339 e. The van der Waals surface area contributed by atoms with Gasteiger partial charge in [-0.05, 0) is 61.7 Å². The number of fused-ring (bicyclic) bond motifs is 2. The number of para-hydroxylation sites is 1. The number of thiazole rings is 1. The van der Waals surface area contributed by atoms with Crippen molar-refractivity contribution in [3.05, 3.63) is 102 Å². The highest BCUT2D eigenvalue weighted by Crippen LogP contribution is 2.36. The summed E-state index contributed by atoms with van der Waals surface area (Å²) < 4.78 is 39.1. The minimum absolute atomic E-state index is 0.0366. The van der Waals surface area contributed by atoms with Gasteiger partial charge in [0.05, 0.1) is 20.7 Å². The van der Waals surface area contributed by atoms with Crippen LogP contribution in [0.1, 0.15) is 23.0 Å². The topological polar surface area (TPSA) is 140 Å². The van der Waals surface area contributed by atoms with E-state index in [2.05, 4.69) is 15.2 Å². The van der Waals surface area contributed by atoms with Gasteiger partial charge in [0.1, 0.15) is 10.8 Å². The first kappa shape index (κ1) is 28.1. The summed E-state index contributed by atoms with van der Waals surface area (Å²) in [7, 11) is -3.92. The predicted molar refractivity (Wildman–Crippen MR) is 165 cm³/mol. The zero-order valence-corrected chi connectivity index (χ0v) is 24.5. The molecule has 12 heteroatoms. The van der Waals surface area contributed by atoms with Gasteiger partial charge in [-0.1, -0.05) is 47.6 Å². The quantitative estimate of drug-likeness (QED) is 0.188. The van der Waals surface area contributed by atoms with Crippen LogP contribution in [0.4, 0.5) is 11.5 Å². The summed E-state index contributed by atoms with van der Waals surface area (Å²) in [4.78, 5) is 31.0. The Bertz CT molecular complexity index is 2060. The monoisotopic (exact) mass is 612 g/mol. The lowest BCUT2D eigenvalue weighted by Gasteiger charge is -2.15. The average molecular weight is 613 g/mol. The highest BCUT2D eigenvalue weighted by molar-refractivity contribution is 7.92. The highest BCUT2D eigenvalue weighted by atomic mass is 32.2. The summed E-state index contributed by atoms with van der Waals surface area (Å²) >= 11 is 1.53. The molecule has 2 N–H and O–H groups in total. The van der Waals surface area contributed by atoms with Gasteiger partial charge in [0.15, 0.2) is 11.9 Å². The highest BCUT2D eigenvalue weighted by Gasteiger charge is 2.23. The summed E-state index contributed by atoms with van der Waals surface area (Å²) in [5.74, 6) is -0.715. The normalized spacial score (nSPS) is 12.2. The molecule has 43 heavy (non-hydrogen) atoms. The number of nitrogens with zero attached hydrogens (tertiary/aromatic N) is 2. The average Bonchev–Trinajstić information content (AvgIpc) is 3.62. The minimum Gasteiger partial charge on any atom is -0.449 e. The van der Waals surface area contributed by atoms with Crippen LogP contribution in [0.3, 0.4) is 0 Å². The number of hydrogen-bond donors (Lipinski definition) is 2. The molecule has 0 aliphatic rings. The van der Waals surface area contributed by atoms with Crippen molar-refractivity contribution in [3.8, 4) is 10.6 Å². The molecule has 0 fully saturated rings. The number of carbonyl (C=O) groups excluding carboxylic acids is 2. The number of anilines is 2. The van der Waals surface area contributed by atoms with Gasteiger partial charge in [-0.3, -0.25) is 9.52 Å². The van der Waals surface area contributed by atoms with Crippen molar-refractivity contribution in [2.45, 2.75) is 24.8 Å². The van der Waals surface area contributed by atoms with Gasteiger partial charge in [-0.25, -0.2) is 18.2 Å². The van der Waals surface area contributed by atoms with Gasteiger partial charge in [-0.15, -0.1) is 11.3 Å². The Morgan fingerprint density at radius 2 is 1.70 bits per heavy atom. The van der Waals surface area contributed by atoms with Crippen LogP contribution in [0.5, 0.6) is 0 Å². The fourth-order valence-corrected chi connectivity index (χ4v) is 6.51. The van der Waals surface area contributed by atoms with E-state index in [1.807, 2.05) is 48.5 Å². The molecule has 0 bridgehead atoms. The Morgan fingerprint density at radius 1 is 0.953 bits per heavy atom. The molecular weight excluding hydrogens is 588 g/mol. The summed E-state index contributed by atoms with van der Waals surface area (Å²) in [6, 6.07) is 25.9. The van der Waals surface area contributed by atoms with Gasteiger partial charge in [-0.2, -0.15) is 0 Å². The third kappa shape index (κ3) is 5.83. The zero-order chi connectivity index (χ0) is 30.1. The number of nitrogens with one attached hydrogen (secondary N) is 2. The van der Waals surface area contributed by atoms with E-state index in [1.54, 1.807) is 19.1 Å². The predicted octanol–water partition coefficient (Wildman–Crippen LogP) is 6.40. The van der Waals surface area contributed by atoms with E-state index >= 15 is 0 Å². The Balaban J connectivity index is 1.18. The van der Waals surface area contributed by atoms with Crippen LogP contribution >= 0.6 is 11.3 Å². The standard InChI is InChI=1S/C31H24N4O6S2/c1-18-17-27(34-41-18)35-43(38,39)22-15-13-21(14-16-22)32-29(36)19(2)40-31(37)24-10-6-8-20-7-5-9-23(28(20)24)30-33-25-11-3-4-12-26(25)42-30/h3-17,19H,1-2H3,(H,32,36)(H,34,35). The van der Waals surface area contributed by atoms with Crippen LogP contribution in [0.25, 0.3) is 31.6 Å². The lowest BCUT2D eigenvalue weighted by Crippen LogP contribution is -2.30. The molecule has 216 valence electrons. The van der Waals surface area contributed by atoms with Gasteiger partial charge in [0.2, 0.25) is 0 Å². The van der Waals surface area contributed by atoms with Crippen LogP contribution in [-0.2, 0) is 19.6 Å². The molecule has 10 nitrogen and oxygen atoms in total. The first-order valence-corrected chi connectivity index (χ1v) is 15.4. The van der Waals surface area contributed by atoms with Crippen LogP contribution < -0.4 is 10.0 Å². The fraction of sp³-hybridized carbons (Fsp3) is 0.0968. The molecule has 0 saturated heterocycles. The van der Waals surface area contributed by atoms with Crippen molar-refractivity contribution in [3.63, 3.8) is 0 Å². The van der Waals surface area contributed by atoms with Crippen LogP contribution in [-0.4, -0.2) is 36.5 Å². The summed E-state index contributed by atoms with van der Waals surface area (Å²) in [5.41, 5.74) is 2.31. The van der Waals surface area contributed by atoms with E-state index in [9.17, 15) is 18.0 Å². The molecular formula is C31H24N4O6S2. The molecule has 0 radical (unpaired) electrons. The molecule has 2 aromatic heterocycles. The number of rotatable bonds is 8. The first-order chi connectivity index (χ1) is 20.7. The Labute approximate surface area is 250 Å². The number of hydrogen-bond acceptors (Lipinski definition) is 9. The van der Waals surface area contributed by atoms with Crippen LogP contribution in [0.2, 0.25) is 0 Å². The third-order valence-electron chi connectivity index (χ3n) is 6.60. The molecule has 0 aliphatic carbocycles. The molecule has 0 spiro atoms. The maximum absolute atomic E-state index is 13.4. The van der Waals surface area contributed by atoms with Crippen molar-refractivity contribution in [1.82, 2.24) is 10.1 Å². The molecule has 1 amide bonds. The van der Waals surface area contributed by atoms with E-state index in [-0.39, 0.29) is 10.7 Å². The Kier molecular flexibility index (Phi) is 7.38. The van der Waals surface area contributed by atoms with Gasteiger partial charge < -0.3 is 14.6 Å². The molecule has 0 aliphatic heterocycles. The lowest BCUT2D eigenvalue weighted by atomic mass is 9.99. The lowest BCUT2D eigenvalue weighted by molar-refractivity contribution is -0.123. The number of carbonyl (C=O) groups is 2. The number of benzene rings is 4. The van der Waals surface area contributed by atoms with E-state index < -0.39 is 28.0 Å². The van der Waals surface area contributed by atoms with Crippen molar-refractivity contribution < 1.29 is 27.3 Å². The Hall–Kier alpha value is -5.07. The SMILES string of the molecule is Cc1cc(NS(=O)(=O)c2ccc(NC(=O)C(C)OC(=O)c3cccc4cccc(-c5nc6ccccc6s5)c34)cc2)no1. The number of aryl methyl sites for hydroxylation is 1. The molecule has 6 aromatic rings. The smallest absolute Gasteiger partial charge is 0.339 e. The number of sulfonamides is 1. The summed E-state index contributed by atoms with van der Waals surface area (Å²) in [5, 5.41) is 8.58. The van der Waals surface area contributed by atoms with E-state index in [4.69, 9.17) is 14.2 Å². The van der Waals surface area contributed by atoms with Crippen molar-refractivity contribution in [2.75, 3.05) is 10.0 Å². The first-order valence-electron chi connectivity index (χ1n) is 13.1.